The molecule has 0 spiro atoms. The molecule has 0 saturated carbocycles. The summed E-state index contributed by atoms with van der Waals surface area (Å²) in [6.07, 6.45) is 2.88. The Hall–Kier alpha value is -0.910. The second-order valence-corrected chi connectivity index (χ2v) is 4.62. The molecular weight excluding hydrogens is 317 g/mol. The Morgan fingerprint density at radius 1 is 1.62 bits per heavy atom. The number of carbonyl (C=O) groups is 1. The van der Waals surface area contributed by atoms with Crippen LogP contribution in [0.2, 0.25) is 0 Å². The normalized spacial score (nSPS) is 10.2. The van der Waals surface area contributed by atoms with Crippen LogP contribution in [0.15, 0.2) is 23.5 Å². The lowest BCUT2D eigenvalue weighted by molar-refractivity contribution is 0.0963. The van der Waals surface area contributed by atoms with Crippen LogP contribution in [-0.4, -0.2) is 10.5 Å². The molecule has 0 radical (unpaired) electrons. The van der Waals surface area contributed by atoms with Gasteiger partial charge in [0.15, 0.2) is 5.43 Å². The maximum absolute atomic E-state index is 11.7. The van der Waals surface area contributed by atoms with Gasteiger partial charge in [-0.25, -0.2) is 0 Å². The van der Waals surface area contributed by atoms with E-state index < -0.39 is 0 Å². The molecule has 4 heteroatoms. The molecule has 0 fully saturated rings. The van der Waals surface area contributed by atoms with E-state index in [9.17, 15) is 9.59 Å². The van der Waals surface area contributed by atoms with E-state index in [1.165, 1.54) is 12.1 Å². The Balaban J connectivity index is 3.56. The molecule has 1 aromatic heterocycles. The van der Waals surface area contributed by atoms with Crippen LogP contribution < -0.4 is 5.43 Å². The minimum atomic E-state index is -0.182. The van der Waals surface area contributed by atoms with Crippen molar-refractivity contribution in [2.45, 2.75) is 26.7 Å². The van der Waals surface area contributed by atoms with Crippen molar-refractivity contribution in [1.82, 2.24) is 4.57 Å². The van der Waals surface area contributed by atoms with Crippen LogP contribution in [0.5, 0.6) is 0 Å². The number of aromatic nitrogens is 1. The van der Waals surface area contributed by atoms with Crippen molar-refractivity contribution in [3.05, 3.63) is 43.9 Å². The van der Waals surface area contributed by atoms with Gasteiger partial charge in [0.1, 0.15) is 0 Å². The summed E-state index contributed by atoms with van der Waals surface area (Å²) in [5.41, 5.74) is 1.44. The predicted molar refractivity (Wildman–Crippen MR) is 73.0 cm³/mol. The van der Waals surface area contributed by atoms with Gasteiger partial charge in [-0.05, 0) is 42.0 Å². The maximum Gasteiger partial charge on any atom is 0.254 e. The fourth-order valence-corrected chi connectivity index (χ4v) is 2.29. The van der Waals surface area contributed by atoms with Crippen molar-refractivity contribution in [3.63, 3.8) is 0 Å². The highest BCUT2D eigenvalue weighted by molar-refractivity contribution is 14.1. The summed E-state index contributed by atoms with van der Waals surface area (Å²) in [5, 5.41) is 0. The summed E-state index contributed by atoms with van der Waals surface area (Å²) in [4.78, 5) is 23.4. The fourth-order valence-electron chi connectivity index (χ4n) is 1.63. The molecule has 0 aliphatic heterocycles. The highest BCUT2D eigenvalue weighted by Gasteiger charge is 2.14. The summed E-state index contributed by atoms with van der Waals surface area (Å²) in [5.74, 6) is -0.182. The lowest BCUT2D eigenvalue weighted by Crippen LogP contribution is -2.23. The highest BCUT2D eigenvalue weighted by atomic mass is 127. The number of hydrogen-bond donors (Lipinski definition) is 0. The Bertz CT molecular complexity index is 489. The van der Waals surface area contributed by atoms with Gasteiger partial charge < -0.3 is 0 Å². The summed E-state index contributed by atoms with van der Waals surface area (Å²) in [6, 6.07) is 1.49. The topological polar surface area (TPSA) is 39.1 Å². The molecule has 1 rings (SSSR count). The zero-order valence-corrected chi connectivity index (χ0v) is 11.6. The molecule has 0 atom stereocenters. The van der Waals surface area contributed by atoms with Gasteiger partial charge in [0.25, 0.3) is 5.91 Å². The standard InChI is InChI=1S/C12H14INO2/c1-4-6-9-12(13)10(15)7-8(3)14(9)11(16)5-2/h5,7H,2,4,6H2,1,3H3. The Morgan fingerprint density at radius 3 is 2.75 bits per heavy atom. The minimum absolute atomic E-state index is 0.0188. The van der Waals surface area contributed by atoms with Crippen LogP contribution in [-0.2, 0) is 6.42 Å². The number of allylic oxidation sites excluding steroid dienone is 1. The molecule has 0 saturated heterocycles. The van der Waals surface area contributed by atoms with E-state index in [0.29, 0.717) is 9.26 Å². The molecule has 1 aromatic rings. The number of pyridine rings is 1. The first-order valence-corrected chi connectivity index (χ1v) is 6.18. The van der Waals surface area contributed by atoms with E-state index in [1.54, 1.807) is 11.5 Å². The Morgan fingerprint density at radius 2 is 2.25 bits per heavy atom. The lowest BCUT2D eigenvalue weighted by Gasteiger charge is -2.14. The maximum atomic E-state index is 11.7. The van der Waals surface area contributed by atoms with Crippen molar-refractivity contribution in [2.75, 3.05) is 0 Å². The van der Waals surface area contributed by atoms with Gasteiger partial charge >= 0.3 is 0 Å². The number of halogens is 1. The third kappa shape index (κ3) is 2.42. The van der Waals surface area contributed by atoms with E-state index >= 15 is 0 Å². The molecule has 0 N–H and O–H groups in total. The average Bonchev–Trinajstić information content (AvgIpc) is 2.25. The first-order chi connectivity index (χ1) is 7.52. The van der Waals surface area contributed by atoms with Crippen molar-refractivity contribution in [2.24, 2.45) is 0 Å². The van der Waals surface area contributed by atoms with E-state index in [1.807, 2.05) is 29.5 Å². The molecule has 3 nitrogen and oxygen atoms in total. The van der Waals surface area contributed by atoms with Gasteiger partial charge in [-0.3, -0.25) is 14.2 Å². The van der Waals surface area contributed by atoms with E-state index in [-0.39, 0.29) is 11.3 Å². The summed E-state index contributed by atoms with van der Waals surface area (Å²) in [7, 11) is 0. The SMILES string of the molecule is C=CC(=O)n1c(C)cc(=O)c(I)c1CCC. The van der Waals surface area contributed by atoms with E-state index in [0.717, 1.165) is 18.5 Å². The molecular formula is C12H14INO2. The van der Waals surface area contributed by atoms with Crippen LogP contribution in [0.4, 0.5) is 0 Å². The molecule has 1 heterocycles. The van der Waals surface area contributed by atoms with Gasteiger partial charge in [0, 0.05) is 17.5 Å². The van der Waals surface area contributed by atoms with Gasteiger partial charge in [-0.1, -0.05) is 19.9 Å². The third-order valence-corrected chi connectivity index (χ3v) is 3.47. The number of hydrogen-bond acceptors (Lipinski definition) is 2. The first-order valence-electron chi connectivity index (χ1n) is 5.10. The largest absolute Gasteiger partial charge is 0.289 e. The second kappa shape index (κ2) is 5.43. The molecule has 0 bridgehead atoms. The zero-order valence-electron chi connectivity index (χ0n) is 9.42. The number of aryl methyl sites for hydroxylation is 1. The number of carbonyl (C=O) groups excluding carboxylic acids is 1. The first kappa shape index (κ1) is 13.2. The summed E-state index contributed by atoms with van der Waals surface area (Å²) < 4.78 is 2.19. The molecule has 0 amide bonds. The molecule has 0 unspecified atom stereocenters. The summed E-state index contributed by atoms with van der Waals surface area (Å²) >= 11 is 2.00. The van der Waals surface area contributed by atoms with Crippen LogP contribution in [0, 0.1) is 10.5 Å². The molecule has 16 heavy (non-hydrogen) atoms. The number of rotatable bonds is 3. The monoisotopic (exact) mass is 331 g/mol. The highest BCUT2D eigenvalue weighted by Crippen LogP contribution is 2.13. The van der Waals surface area contributed by atoms with Crippen molar-refractivity contribution < 1.29 is 4.79 Å². The zero-order chi connectivity index (χ0) is 12.3. The summed E-state index contributed by atoms with van der Waals surface area (Å²) in [6.45, 7) is 7.26. The predicted octanol–water partition coefficient (Wildman–Crippen LogP) is 2.54. The van der Waals surface area contributed by atoms with Crippen molar-refractivity contribution in [1.29, 1.82) is 0 Å². The lowest BCUT2D eigenvalue weighted by atomic mass is 10.2. The van der Waals surface area contributed by atoms with Gasteiger partial charge in [0.2, 0.25) is 0 Å². The fraction of sp³-hybridized carbons (Fsp3) is 0.333. The van der Waals surface area contributed by atoms with Crippen LogP contribution in [0.25, 0.3) is 0 Å². The van der Waals surface area contributed by atoms with Crippen LogP contribution >= 0.6 is 22.6 Å². The van der Waals surface area contributed by atoms with Crippen molar-refractivity contribution >= 4 is 28.5 Å². The Kier molecular flexibility index (Phi) is 4.46. The van der Waals surface area contributed by atoms with E-state index in [4.69, 9.17) is 0 Å². The molecule has 0 aliphatic carbocycles. The molecule has 86 valence electrons. The van der Waals surface area contributed by atoms with Gasteiger partial charge in [0.05, 0.1) is 3.57 Å². The Labute approximate surface area is 108 Å². The van der Waals surface area contributed by atoms with Gasteiger partial charge in [-0.2, -0.15) is 0 Å². The molecule has 0 aromatic carbocycles. The number of nitrogens with zero attached hydrogens (tertiary/aromatic N) is 1. The quantitative estimate of drug-likeness (QED) is 0.631. The van der Waals surface area contributed by atoms with Crippen LogP contribution in [0.1, 0.15) is 29.5 Å². The minimum Gasteiger partial charge on any atom is -0.289 e. The smallest absolute Gasteiger partial charge is 0.254 e. The average molecular weight is 331 g/mol. The van der Waals surface area contributed by atoms with Gasteiger partial charge in [-0.15, -0.1) is 0 Å². The van der Waals surface area contributed by atoms with E-state index in [2.05, 4.69) is 6.58 Å². The second-order valence-electron chi connectivity index (χ2n) is 3.54. The van der Waals surface area contributed by atoms with Crippen molar-refractivity contribution in [3.8, 4) is 0 Å². The molecule has 0 aliphatic rings. The van der Waals surface area contributed by atoms with Crippen LogP contribution in [0.3, 0.4) is 0 Å². The third-order valence-electron chi connectivity index (χ3n) is 2.31.